The maximum atomic E-state index is 12.6. The average molecular weight is 466 g/mol. The number of benzene rings is 2. The molecule has 10 heteroatoms. The Hall–Kier alpha value is -3.56. The molecule has 170 valence electrons. The summed E-state index contributed by atoms with van der Waals surface area (Å²) < 4.78 is 5.13. The highest BCUT2D eigenvalue weighted by atomic mass is 35.5. The molecular weight excluding hydrogens is 442 g/mol. The molecule has 0 atom stereocenters. The van der Waals surface area contributed by atoms with Crippen LogP contribution >= 0.6 is 11.6 Å². The summed E-state index contributed by atoms with van der Waals surface area (Å²) in [6, 6.07) is 12.9. The fourth-order valence-corrected chi connectivity index (χ4v) is 4.14. The lowest BCUT2D eigenvalue weighted by molar-refractivity contribution is 0.102. The lowest BCUT2D eigenvalue weighted by Crippen LogP contribution is -2.44. The standard InChI is InChI=1S/C23H24ClN7O2/c1-30-7-9-31(10-8-30)15-4-5-17-18(12-15)26-22(25-17)19-13-21(29-28-19)27-23(32)14-3-6-20(33-2)16(24)11-14/h3-6,11-13H,7-10H2,1-2H3,(H,25,26)(H2,27,28,29,32). The predicted molar refractivity (Wildman–Crippen MR) is 129 cm³/mol. The van der Waals surface area contributed by atoms with Gasteiger partial charge in [0.1, 0.15) is 11.4 Å². The van der Waals surface area contributed by atoms with E-state index in [1.54, 1.807) is 24.3 Å². The monoisotopic (exact) mass is 465 g/mol. The highest BCUT2D eigenvalue weighted by molar-refractivity contribution is 6.32. The number of nitrogens with one attached hydrogen (secondary N) is 3. The third-order valence-corrected chi connectivity index (χ3v) is 6.12. The van der Waals surface area contributed by atoms with E-state index in [0.29, 0.717) is 33.7 Å². The van der Waals surface area contributed by atoms with E-state index in [0.717, 1.165) is 37.2 Å². The fourth-order valence-electron chi connectivity index (χ4n) is 3.89. The Kier molecular flexibility index (Phi) is 5.65. The van der Waals surface area contributed by atoms with Crippen LogP contribution < -0.4 is 15.0 Å². The van der Waals surface area contributed by atoms with Gasteiger partial charge in [0, 0.05) is 43.5 Å². The molecule has 33 heavy (non-hydrogen) atoms. The van der Waals surface area contributed by atoms with Gasteiger partial charge in [0.25, 0.3) is 5.91 Å². The molecule has 1 aliphatic heterocycles. The molecule has 3 N–H and O–H groups in total. The van der Waals surface area contributed by atoms with Crippen molar-refractivity contribution in [2.75, 3.05) is 50.6 Å². The van der Waals surface area contributed by atoms with Crippen molar-refractivity contribution in [1.29, 1.82) is 0 Å². The molecule has 0 spiro atoms. The number of piperazine rings is 1. The van der Waals surface area contributed by atoms with Crippen LogP contribution in [0.4, 0.5) is 11.5 Å². The second-order valence-electron chi connectivity index (χ2n) is 8.05. The van der Waals surface area contributed by atoms with Crippen LogP contribution in [0.2, 0.25) is 5.02 Å². The normalized spacial score (nSPS) is 14.6. The van der Waals surface area contributed by atoms with Crippen molar-refractivity contribution in [1.82, 2.24) is 25.1 Å². The van der Waals surface area contributed by atoms with E-state index in [-0.39, 0.29) is 5.91 Å². The SMILES string of the molecule is COc1ccc(C(=O)Nc2cc(-c3nc4cc(N5CCN(C)CC5)ccc4[nH]3)[nH]n2)cc1Cl. The smallest absolute Gasteiger partial charge is 0.256 e. The van der Waals surface area contributed by atoms with Gasteiger partial charge in [-0.15, -0.1) is 0 Å². The molecule has 1 amide bonds. The quantitative estimate of drug-likeness (QED) is 0.416. The Balaban J connectivity index is 1.32. The summed E-state index contributed by atoms with van der Waals surface area (Å²) in [4.78, 5) is 25.3. The van der Waals surface area contributed by atoms with Crippen molar-refractivity contribution in [3.8, 4) is 17.3 Å². The van der Waals surface area contributed by atoms with Crippen LogP contribution in [0, 0.1) is 0 Å². The van der Waals surface area contributed by atoms with Gasteiger partial charge < -0.3 is 24.8 Å². The number of carbonyl (C=O) groups is 1. The summed E-state index contributed by atoms with van der Waals surface area (Å²) in [5, 5.41) is 10.3. The minimum Gasteiger partial charge on any atom is -0.495 e. The minimum absolute atomic E-state index is 0.320. The molecule has 0 radical (unpaired) electrons. The van der Waals surface area contributed by atoms with Crippen LogP contribution in [0.3, 0.4) is 0 Å². The molecule has 0 bridgehead atoms. The summed E-state index contributed by atoms with van der Waals surface area (Å²) in [6.45, 7) is 4.11. The van der Waals surface area contributed by atoms with E-state index in [9.17, 15) is 4.79 Å². The number of rotatable bonds is 5. The molecule has 0 aliphatic carbocycles. The summed E-state index contributed by atoms with van der Waals surface area (Å²) in [5.74, 6) is 1.23. The van der Waals surface area contributed by atoms with Crippen molar-refractivity contribution in [2.24, 2.45) is 0 Å². The number of H-pyrrole nitrogens is 2. The van der Waals surface area contributed by atoms with Gasteiger partial charge >= 0.3 is 0 Å². The Morgan fingerprint density at radius 2 is 1.94 bits per heavy atom. The highest BCUT2D eigenvalue weighted by Gasteiger charge is 2.17. The first-order valence-electron chi connectivity index (χ1n) is 10.6. The average Bonchev–Trinajstić information content (AvgIpc) is 3.45. The van der Waals surface area contributed by atoms with E-state index in [1.165, 1.54) is 12.8 Å². The number of fused-ring (bicyclic) bond motifs is 1. The zero-order chi connectivity index (χ0) is 22.9. The number of aromatic amines is 2. The molecule has 1 aliphatic rings. The molecule has 0 unspecified atom stereocenters. The Morgan fingerprint density at radius 1 is 1.12 bits per heavy atom. The van der Waals surface area contributed by atoms with Gasteiger partial charge in [-0.3, -0.25) is 9.89 Å². The topological polar surface area (TPSA) is 102 Å². The van der Waals surface area contributed by atoms with Crippen LogP contribution in [0.1, 0.15) is 10.4 Å². The number of amides is 1. The van der Waals surface area contributed by atoms with Gasteiger partial charge in [-0.1, -0.05) is 11.6 Å². The van der Waals surface area contributed by atoms with Crippen LogP contribution in [-0.4, -0.2) is 71.3 Å². The van der Waals surface area contributed by atoms with Gasteiger partial charge in [-0.25, -0.2) is 4.98 Å². The van der Waals surface area contributed by atoms with Crippen LogP contribution in [0.15, 0.2) is 42.5 Å². The van der Waals surface area contributed by atoms with Crippen LogP contribution in [0.5, 0.6) is 5.75 Å². The predicted octanol–water partition coefficient (Wildman–Crippen LogP) is 3.62. The van der Waals surface area contributed by atoms with E-state index >= 15 is 0 Å². The molecule has 5 rings (SSSR count). The largest absolute Gasteiger partial charge is 0.495 e. The molecule has 1 fully saturated rings. The molecule has 2 aromatic heterocycles. The van der Waals surface area contributed by atoms with Crippen molar-refractivity contribution in [3.63, 3.8) is 0 Å². The number of likely N-dealkylation sites (N-methyl/N-ethyl adjacent to an activating group) is 1. The van der Waals surface area contributed by atoms with Gasteiger partial charge in [0.15, 0.2) is 11.6 Å². The van der Waals surface area contributed by atoms with E-state index in [4.69, 9.17) is 21.3 Å². The zero-order valence-corrected chi connectivity index (χ0v) is 19.1. The number of nitrogens with zero attached hydrogens (tertiary/aromatic N) is 4. The molecule has 4 aromatic rings. The first-order valence-corrected chi connectivity index (χ1v) is 11.0. The second kappa shape index (κ2) is 8.76. The molecule has 9 nitrogen and oxygen atoms in total. The first kappa shape index (κ1) is 21.3. The number of hydrogen-bond acceptors (Lipinski definition) is 6. The number of methoxy groups -OCH3 is 1. The lowest BCUT2D eigenvalue weighted by atomic mass is 10.2. The number of anilines is 2. The summed E-state index contributed by atoms with van der Waals surface area (Å²) in [7, 11) is 3.67. The van der Waals surface area contributed by atoms with Crippen molar-refractivity contribution in [3.05, 3.63) is 53.1 Å². The Bertz CT molecular complexity index is 1310. The highest BCUT2D eigenvalue weighted by Crippen LogP contribution is 2.27. The maximum absolute atomic E-state index is 12.6. The summed E-state index contributed by atoms with van der Waals surface area (Å²) in [6.07, 6.45) is 0. The Morgan fingerprint density at radius 3 is 2.70 bits per heavy atom. The van der Waals surface area contributed by atoms with Gasteiger partial charge in [-0.05, 0) is 43.4 Å². The van der Waals surface area contributed by atoms with E-state index in [2.05, 4.69) is 49.5 Å². The number of ether oxygens (including phenoxy) is 1. The number of hydrogen-bond donors (Lipinski definition) is 3. The number of aromatic nitrogens is 4. The Labute approximate surface area is 195 Å². The maximum Gasteiger partial charge on any atom is 0.256 e. The van der Waals surface area contributed by atoms with E-state index < -0.39 is 0 Å². The first-order chi connectivity index (χ1) is 16.0. The van der Waals surface area contributed by atoms with Crippen molar-refractivity contribution >= 4 is 40.0 Å². The van der Waals surface area contributed by atoms with Gasteiger partial charge in [0.05, 0.1) is 23.2 Å². The molecule has 0 saturated carbocycles. The van der Waals surface area contributed by atoms with E-state index in [1.807, 2.05) is 6.07 Å². The molecular formula is C23H24ClN7O2. The van der Waals surface area contributed by atoms with Crippen molar-refractivity contribution < 1.29 is 9.53 Å². The number of halogens is 1. The molecule has 1 saturated heterocycles. The summed E-state index contributed by atoms with van der Waals surface area (Å²) >= 11 is 6.12. The van der Waals surface area contributed by atoms with Crippen molar-refractivity contribution in [2.45, 2.75) is 0 Å². The zero-order valence-electron chi connectivity index (χ0n) is 18.4. The fraction of sp³-hybridized carbons (Fsp3) is 0.261. The lowest BCUT2D eigenvalue weighted by Gasteiger charge is -2.34. The van der Waals surface area contributed by atoms with Crippen LogP contribution in [-0.2, 0) is 0 Å². The van der Waals surface area contributed by atoms with Gasteiger partial charge in [0.2, 0.25) is 0 Å². The van der Waals surface area contributed by atoms with Gasteiger partial charge in [-0.2, -0.15) is 5.10 Å². The second-order valence-corrected chi connectivity index (χ2v) is 8.45. The number of carbonyl (C=O) groups excluding carboxylic acids is 1. The third kappa shape index (κ3) is 4.37. The molecule has 2 aromatic carbocycles. The molecule has 3 heterocycles. The number of imidazole rings is 1. The summed E-state index contributed by atoms with van der Waals surface area (Å²) in [5.41, 5.74) is 4.08. The minimum atomic E-state index is -0.320. The third-order valence-electron chi connectivity index (χ3n) is 5.82. The van der Waals surface area contributed by atoms with Crippen LogP contribution in [0.25, 0.3) is 22.6 Å².